The lowest BCUT2D eigenvalue weighted by atomic mass is 10.1. The summed E-state index contributed by atoms with van der Waals surface area (Å²) in [7, 11) is 3.47. The molecule has 1 rings (SSSR count). The first kappa shape index (κ1) is 13.5. The molecule has 0 heterocycles. The summed E-state index contributed by atoms with van der Waals surface area (Å²) in [5.74, 6) is 0.855. The molecule has 1 atom stereocenters. The van der Waals surface area contributed by atoms with Crippen LogP contribution in [-0.4, -0.2) is 26.6 Å². The quantitative estimate of drug-likeness (QED) is 0.786. The van der Waals surface area contributed by atoms with Crippen LogP contribution in [0.15, 0.2) is 24.3 Å². The van der Waals surface area contributed by atoms with E-state index in [0.29, 0.717) is 13.0 Å². The minimum Gasteiger partial charge on any atom is -0.497 e. The number of carbonyl (C=O) groups is 1. The molecule has 0 aliphatic rings. The number of methoxy groups -OCH3 is 1. The van der Waals surface area contributed by atoms with Gasteiger partial charge in [-0.05, 0) is 31.7 Å². The van der Waals surface area contributed by atoms with Crippen LogP contribution in [0.25, 0.3) is 0 Å². The Morgan fingerprint density at radius 3 is 2.88 bits per heavy atom. The van der Waals surface area contributed by atoms with E-state index in [1.54, 1.807) is 7.11 Å². The van der Waals surface area contributed by atoms with Crippen LogP contribution in [0.5, 0.6) is 5.75 Å². The number of hydrogen-bond donors (Lipinski definition) is 2. The predicted octanol–water partition coefficient (Wildman–Crippen LogP) is 1.48. The van der Waals surface area contributed by atoms with E-state index in [2.05, 4.69) is 10.6 Å². The molecule has 1 aromatic carbocycles. The summed E-state index contributed by atoms with van der Waals surface area (Å²) >= 11 is 0. The summed E-state index contributed by atoms with van der Waals surface area (Å²) in [6.45, 7) is 2.66. The summed E-state index contributed by atoms with van der Waals surface area (Å²) in [4.78, 5) is 11.6. The second kappa shape index (κ2) is 6.91. The molecule has 0 aliphatic heterocycles. The molecule has 2 N–H and O–H groups in total. The van der Waals surface area contributed by atoms with Crippen LogP contribution >= 0.6 is 0 Å². The molecule has 0 saturated carbocycles. The summed E-state index contributed by atoms with van der Waals surface area (Å²) < 4.78 is 5.15. The van der Waals surface area contributed by atoms with Crippen molar-refractivity contribution in [3.05, 3.63) is 29.8 Å². The maximum absolute atomic E-state index is 11.6. The summed E-state index contributed by atoms with van der Waals surface area (Å²) in [6.07, 6.45) is 0.491. The van der Waals surface area contributed by atoms with Crippen LogP contribution < -0.4 is 15.4 Å². The highest BCUT2D eigenvalue weighted by Gasteiger charge is 2.09. The first-order chi connectivity index (χ1) is 8.17. The van der Waals surface area contributed by atoms with Crippen molar-refractivity contribution in [1.82, 2.24) is 10.6 Å². The normalized spacial score (nSPS) is 11.9. The van der Waals surface area contributed by atoms with Crippen LogP contribution in [0.1, 0.15) is 24.9 Å². The lowest BCUT2D eigenvalue weighted by Crippen LogP contribution is -2.29. The minimum atomic E-state index is -0.00513. The molecule has 0 unspecified atom stereocenters. The van der Waals surface area contributed by atoms with E-state index in [1.165, 1.54) is 0 Å². The van der Waals surface area contributed by atoms with E-state index in [1.807, 2.05) is 38.2 Å². The standard InChI is InChI=1S/C13H20N2O2/c1-10(15-13(16)7-8-14-2)11-5-4-6-12(9-11)17-3/h4-6,9-10,14H,7-8H2,1-3H3,(H,15,16)/t10-/m1/s1. The van der Waals surface area contributed by atoms with Crippen molar-refractivity contribution in [3.8, 4) is 5.75 Å². The van der Waals surface area contributed by atoms with E-state index < -0.39 is 0 Å². The molecular weight excluding hydrogens is 216 g/mol. The molecule has 0 spiro atoms. The Hall–Kier alpha value is -1.55. The van der Waals surface area contributed by atoms with Crippen molar-refractivity contribution in [3.63, 3.8) is 0 Å². The topological polar surface area (TPSA) is 50.4 Å². The SMILES string of the molecule is CNCCC(=O)N[C@H](C)c1cccc(OC)c1. The maximum Gasteiger partial charge on any atom is 0.221 e. The van der Waals surface area contributed by atoms with E-state index >= 15 is 0 Å². The van der Waals surface area contributed by atoms with Crippen molar-refractivity contribution in [1.29, 1.82) is 0 Å². The Labute approximate surface area is 102 Å². The Bertz CT molecular complexity index is 366. The highest BCUT2D eigenvalue weighted by Crippen LogP contribution is 2.18. The highest BCUT2D eigenvalue weighted by atomic mass is 16.5. The molecule has 4 nitrogen and oxygen atoms in total. The fraction of sp³-hybridized carbons (Fsp3) is 0.462. The molecule has 4 heteroatoms. The van der Waals surface area contributed by atoms with Crippen LogP contribution in [0, 0.1) is 0 Å². The van der Waals surface area contributed by atoms with Gasteiger partial charge < -0.3 is 15.4 Å². The van der Waals surface area contributed by atoms with Crippen LogP contribution in [0.4, 0.5) is 0 Å². The lowest BCUT2D eigenvalue weighted by Gasteiger charge is -2.15. The Balaban J connectivity index is 2.56. The zero-order valence-electron chi connectivity index (χ0n) is 10.6. The van der Waals surface area contributed by atoms with Crippen LogP contribution in [0.2, 0.25) is 0 Å². The van der Waals surface area contributed by atoms with E-state index in [9.17, 15) is 4.79 Å². The lowest BCUT2D eigenvalue weighted by molar-refractivity contribution is -0.121. The third kappa shape index (κ3) is 4.44. The number of ether oxygens (including phenoxy) is 1. The van der Waals surface area contributed by atoms with Crippen LogP contribution in [0.3, 0.4) is 0 Å². The molecule has 0 aromatic heterocycles. The molecule has 0 fully saturated rings. The van der Waals surface area contributed by atoms with Gasteiger partial charge in [0.1, 0.15) is 5.75 Å². The molecule has 17 heavy (non-hydrogen) atoms. The Morgan fingerprint density at radius 1 is 1.47 bits per heavy atom. The molecule has 0 bridgehead atoms. The second-order valence-electron chi connectivity index (χ2n) is 3.92. The first-order valence-electron chi connectivity index (χ1n) is 5.75. The van der Waals surface area contributed by atoms with Gasteiger partial charge in [0.25, 0.3) is 0 Å². The molecule has 0 radical (unpaired) electrons. The molecular formula is C13H20N2O2. The summed E-state index contributed by atoms with van der Waals surface area (Å²) in [5.41, 5.74) is 1.04. The highest BCUT2D eigenvalue weighted by molar-refractivity contribution is 5.76. The number of carbonyl (C=O) groups excluding carboxylic acids is 1. The summed E-state index contributed by atoms with van der Waals surface area (Å²) in [6, 6.07) is 7.72. The smallest absolute Gasteiger partial charge is 0.221 e. The number of benzene rings is 1. The van der Waals surface area contributed by atoms with E-state index in [4.69, 9.17) is 4.74 Å². The van der Waals surface area contributed by atoms with Gasteiger partial charge >= 0.3 is 0 Å². The fourth-order valence-corrected chi connectivity index (χ4v) is 1.55. The Morgan fingerprint density at radius 2 is 2.24 bits per heavy atom. The Kier molecular flexibility index (Phi) is 5.49. The van der Waals surface area contributed by atoms with Gasteiger partial charge in [-0.15, -0.1) is 0 Å². The van der Waals surface area contributed by atoms with Crippen molar-refractivity contribution in [2.75, 3.05) is 20.7 Å². The van der Waals surface area contributed by atoms with Gasteiger partial charge in [0, 0.05) is 13.0 Å². The second-order valence-corrected chi connectivity index (χ2v) is 3.92. The zero-order valence-corrected chi connectivity index (χ0v) is 10.6. The molecule has 1 amide bonds. The molecule has 1 aromatic rings. The first-order valence-corrected chi connectivity index (χ1v) is 5.75. The summed E-state index contributed by atoms with van der Waals surface area (Å²) in [5, 5.41) is 5.90. The van der Waals surface area contributed by atoms with E-state index in [0.717, 1.165) is 11.3 Å². The third-order valence-electron chi connectivity index (χ3n) is 2.57. The maximum atomic E-state index is 11.6. The van der Waals surface area contributed by atoms with Crippen molar-refractivity contribution in [2.45, 2.75) is 19.4 Å². The molecule has 0 saturated heterocycles. The van der Waals surface area contributed by atoms with Crippen molar-refractivity contribution in [2.24, 2.45) is 0 Å². The molecule has 94 valence electrons. The van der Waals surface area contributed by atoms with Gasteiger partial charge in [0.05, 0.1) is 13.2 Å². The molecule has 0 aliphatic carbocycles. The van der Waals surface area contributed by atoms with Gasteiger partial charge in [-0.1, -0.05) is 12.1 Å². The van der Waals surface area contributed by atoms with Gasteiger partial charge in [-0.3, -0.25) is 4.79 Å². The van der Waals surface area contributed by atoms with Gasteiger partial charge in [0.2, 0.25) is 5.91 Å². The average Bonchev–Trinajstić information content (AvgIpc) is 2.36. The van der Waals surface area contributed by atoms with Crippen molar-refractivity contribution < 1.29 is 9.53 Å². The number of nitrogens with one attached hydrogen (secondary N) is 2. The van der Waals surface area contributed by atoms with Gasteiger partial charge in [0.15, 0.2) is 0 Å². The predicted molar refractivity (Wildman–Crippen MR) is 68.1 cm³/mol. The largest absolute Gasteiger partial charge is 0.497 e. The number of hydrogen-bond acceptors (Lipinski definition) is 3. The zero-order chi connectivity index (χ0) is 12.7. The number of amides is 1. The number of rotatable bonds is 6. The minimum absolute atomic E-state index is 0.00513. The van der Waals surface area contributed by atoms with Crippen molar-refractivity contribution >= 4 is 5.91 Å². The van der Waals surface area contributed by atoms with Crippen LogP contribution in [-0.2, 0) is 4.79 Å². The third-order valence-corrected chi connectivity index (χ3v) is 2.57. The van der Waals surface area contributed by atoms with Gasteiger partial charge in [-0.2, -0.15) is 0 Å². The van der Waals surface area contributed by atoms with E-state index in [-0.39, 0.29) is 11.9 Å². The van der Waals surface area contributed by atoms with Gasteiger partial charge in [-0.25, -0.2) is 0 Å². The average molecular weight is 236 g/mol. The fourth-order valence-electron chi connectivity index (χ4n) is 1.55. The monoisotopic (exact) mass is 236 g/mol.